The average molecular weight is 238 g/mol. The van der Waals surface area contributed by atoms with Gasteiger partial charge in [0.25, 0.3) is 10.1 Å². The van der Waals surface area contributed by atoms with Crippen LogP contribution in [0.1, 0.15) is 27.2 Å². The molecule has 0 aliphatic carbocycles. The molecule has 0 amide bonds. The first-order valence-electron chi connectivity index (χ1n) is 4.83. The molecule has 0 saturated heterocycles. The van der Waals surface area contributed by atoms with Crippen LogP contribution in [-0.4, -0.2) is 31.3 Å². The third kappa shape index (κ3) is 8.38. The van der Waals surface area contributed by atoms with Crippen molar-refractivity contribution in [3.63, 3.8) is 0 Å². The Kier molecular flexibility index (Phi) is 5.82. The molecule has 0 radical (unpaired) electrons. The van der Waals surface area contributed by atoms with E-state index in [9.17, 15) is 13.2 Å². The van der Waals surface area contributed by atoms with Crippen LogP contribution in [-0.2, 0) is 19.6 Å². The maximum Gasteiger partial charge on any atom is 0.323 e. The van der Waals surface area contributed by atoms with Crippen LogP contribution in [0.4, 0.5) is 0 Å². The smallest absolute Gasteiger partial charge is 0.323 e. The molecule has 0 aliphatic heterocycles. The minimum atomic E-state index is -4.26. The van der Waals surface area contributed by atoms with Gasteiger partial charge in [-0.1, -0.05) is 20.8 Å². The number of carbonyl (C=O) groups is 1. The van der Waals surface area contributed by atoms with Crippen molar-refractivity contribution in [2.45, 2.75) is 27.2 Å². The van der Waals surface area contributed by atoms with Crippen molar-refractivity contribution in [3.8, 4) is 0 Å². The first-order valence-corrected chi connectivity index (χ1v) is 6.44. The topological polar surface area (TPSA) is 80.7 Å². The Morgan fingerprint density at radius 1 is 1.33 bits per heavy atom. The van der Waals surface area contributed by atoms with Gasteiger partial charge in [-0.2, -0.15) is 8.42 Å². The predicted molar refractivity (Wildman–Crippen MR) is 56.0 cm³/mol. The van der Waals surface area contributed by atoms with Crippen LogP contribution in [0.25, 0.3) is 0 Å². The standard InChI is InChI=1S/C9H18O5S/c1-7(2)8(3)4-5-14-9(10)6-15(11,12)13/h7-8H,4-6H2,1-3H3,(H,11,12,13). The monoisotopic (exact) mass is 238 g/mol. The highest BCUT2D eigenvalue weighted by Crippen LogP contribution is 2.13. The van der Waals surface area contributed by atoms with Gasteiger partial charge in [0.05, 0.1) is 6.61 Å². The molecule has 1 unspecified atom stereocenters. The van der Waals surface area contributed by atoms with E-state index in [2.05, 4.69) is 18.6 Å². The van der Waals surface area contributed by atoms with E-state index >= 15 is 0 Å². The molecule has 5 nitrogen and oxygen atoms in total. The molecule has 15 heavy (non-hydrogen) atoms. The largest absolute Gasteiger partial charge is 0.465 e. The number of hydrogen-bond acceptors (Lipinski definition) is 4. The molecule has 0 aromatic heterocycles. The Morgan fingerprint density at radius 3 is 2.27 bits per heavy atom. The first-order chi connectivity index (χ1) is 6.72. The minimum Gasteiger partial charge on any atom is -0.465 e. The van der Waals surface area contributed by atoms with Crippen molar-refractivity contribution >= 4 is 16.1 Å². The van der Waals surface area contributed by atoms with Gasteiger partial charge in [0.15, 0.2) is 5.75 Å². The number of ether oxygens (including phenoxy) is 1. The number of carbonyl (C=O) groups excluding carboxylic acids is 1. The van der Waals surface area contributed by atoms with Gasteiger partial charge in [-0.15, -0.1) is 0 Å². The number of esters is 1. The average Bonchev–Trinajstić information content (AvgIpc) is 2.00. The molecule has 6 heteroatoms. The van der Waals surface area contributed by atoms with Crippen LogP contribution in [0.15, 0.2) is 0 Å². The maximum absolute atomic E-state index is 10.8. The van der Waals surface area contributed by atoms with Crippen LogP contribution >= 0.6 is 0 Å². The Morgan fingerprint density at radius 2 is 1.87 bits per heavy atom. The SMILES string of the molecule is CC(C)C(C)CCOC(=O)CS(=O)(=O)O. The summed E-state index contributed by atoms with van der Waals surface area (Å²) in [6.07, 6.45) is 0.689. The zero-order valence-corrected chi connectivity index (χ0v) is 10.1. The molecule has 1 N–H and O–H groups in total. The van der Waals surface area contributed by atoms with Gasteiger partial charge in [0, 0.05) is 0 Å². The summed E-state index contributed by atoms with van der Waals surface area (Å²) in [6, 6.07) is 0. The summed E-state index contributed by atoms with van der Waals surface area (Å²) in [6.45, 7) is 6.34. The molecule has 0 saturated carbocycles. The quantitative estimate of drug-likeness (QED) is 0.553. The van der Waals surface area contributed by atoms with Crippen molar-refractivity contribution < 1.29 is 22.5 Å². The third-order valence-corrected chi connectivity index (χ3v) is 2.88. The molecule has 0 fully saturated rings. The van der Waals surface area contributed by atoms with E-state index in [1.165, 1.54) is 0 Å². The molecular formula is C9H18O5S. The molecule has 0 aromatic carbocycles. The highest BCUT2D eigenvalue weighted by molar-refractivity contribution is 7.86. The van der Waals surface area contributed by atoms with Crippen LogP contribution in [0.2, 0.25) is 0 Å². The lowest BCUT2D eigenvalue weighted by Crippen LogP contribution is -2.19. The van der Waals surface area contributed by atoms with Crippen molar-refractivity contribution in [2.75, 3.05) is 12.4 Å². The van der Waals surface area contributed by atoms with Gasteiger partial charge in [-0.05, 0) is 18.3 Å². The Hall–Kier alpha value is -0.620. The summed E-state index contributed by atoms with van der Waals surface area (Å²) in [5, 5.41) is 0. The van der Waals surface area contributed by atoms with Crippen LogP contribution in [0, 0.1) is 11.8 Å². The lowest BCUT2D eigenvalue weighted by Gasteiger charge is -2.14. The summed E-state index contributed by atoms with van der Waals surface area (Å²) >= 11 is 0. The van der Waals surface area contributed by atoms with Gasteiger partial charge >= 0.3 is 5.97 Å². The summed E-state index contributed by atoms with van der Waals surface area (Å²) in [5.74, 6) is -0.981. The molecule has 0 rings (SSSR count). The molecule has 0 aromatic rings. The second kappa shape index (κ2) is 6.07. The Balaban J connectivity index is 3.74. The van der Waals surface area contributed by atoms with Crippen LogP contribution in [0.5, 0.6) is 0 Å². The van der Waals surface area contributed by atoms with E-state index in [4.69, 9.17) is 4.55 Å². The van der Waals surface area contributed by atoms with Crippen molar-refractivity contribution in [3.05, 3.63) is 0 Å². The van der Waals surface area contributed by atoms with E-state index < -0.39 is 21.8 Å². The second-order valence-corrected chi connectivity index (χ2v) is 5.41. The molecule has 0 bridgehead atoms. The van der Waals surface area contributed by atoms with Crippen LogP contribution in [0.3, 0.4) is 0 Å². The normalized spacial score (nSPS) is 13.9. The van der Waals surface area contributed by atoms with Crippen molar-refractivity contribution in [1.29, 1.82) is 0 Å². The summed E-state index contributed by atoms with van der Waals surface area (Å²) in [5.41, 5.74) is 0. The summed E-state index contributed by atoms with van der Waals surface area (Å²) in [7, 11) is -4.26. The van der Waals surface area contributed by atoms with E-state index in [0.717, 1.165) is 0 Å². The van der Waals surface area contributed by atoms with Gasteiger partial charge in [-0.25, -0.2) is 0 Å². The van der Waals surface area contributed by atoms with E-state index in [-0.39, 0.29) is 6.61 Å². The minimum absolute atomic E-state index is 0.188. The lowest BCUT2D eigenvalue weighted by molar-refractivity contribution is -0.141. The van der Waals surface area contributed by atoms with Crippen LogP contribution < -0.4 is 0 Å². The molecule has 0 aliphatic rings. The number of rotatable bonds is 6. The van der Waals surface area contributed by atoms with Gasteiger partial charge in [0.2, 0.25) is 0 Å². The molecule has 1 atom stereocenters. The highest BCUT2D eigenvalue weighted by Gasteiger charge is 2.14. The second-order valence-electron chi connectivity index (χ2n) is 3.96. The zero-order chi connectivity index (χ0) is 12.1. The van der Waals surface area contributed by atoms with E-state index in [1.807, 2.05) is 6.92 Å². The fourth-order valence-corrected chi connectivity index (χ4v) is 1.26. The summed E-state index contributed by atoms with van der Waals surface area (Å²) in [4.78, 5) is 10.8. The fourth-order valence-electron chi connectivity index (χ4n) is 0.883. The maximum atomic E-state index is 10.8. The van der Waals surface area contributed by atoms with Crippen molar-refractivity contribution in [1.82, 2.24) is 0 Å². The lowest BCUT2D eigenvalue weighted by atomic mass is 9.95. The Bertz CT molecular complexity index is 294. The molecular weight excluding hydrogens is 220 g/mol. The zero-order valence-electron chi connectivity index (χ0n) is 9.26. The van der Waals surface area contributed by atoms with E-state index in [1.54, 1.807) is 0 Å². The summed E-state index contributed by atoms with van der Waals surface area (Å²) < 4.78 is 33.6. The molecule has 90 valence electrons. The highest BCUT2D eigenvalue weighted by atomic mass is 32.2. The van der Waals surface area contributed by atoms with Gasteiger partial charge in [0.1, 0.15) is 0 Å². The first kappa shape index (κ1) is 14.4. The van der Waals surface area contributed by atoms with Gasteiger partial charge < -0.3 is 4.74 Å². The Labute approximate surface area is 90.6 Å². The number of hydrogen-bond donors (Lipinski definition) is 1. The van der Waals surface area contributed by atoms with E-state index in [0.29, 0.717) is 18.3 Å². The third-order valence-electron chi connectivity index (χ3n) is 2.27. The molecule has 0 heterocycles. The predicted octanol–water partition coefficient (Wildman–Crippen LogP) is 1.10. The van der Waals surface area contributed by atoms with Crippen molar-refractivity contribution in [2.24, 2.45) is 11.8 Å². The van der Waals surface area contributed by atoms with Gasteiger partial charge in [-0.3, -0.25) is 9.35 Å². The fraction of sp³-hybridized carbons (Fsp3) is 0.889. The molecule has 0 spiro atoms.